The monoisotopic (exact) mass is 297 g/mol. The van der Waals surface area contributed by atoms with E-state index in [-0.39, 0.29) is 12.5 Å². The van der Waals surface area contributed by atoms with E-state index in [1.807, 2.05) is 6.07 Å². The number of nitrogens with zero attached hydrogens (tertiary/aromatic N) is 1. The minimum atomic E-state index is -1.11. The molecule has 7 heteroatoms. The molecule has 0 unspecified atom stereocenters. The van der Waals surface area contributed by atoms with E-state index in [9.17, 15) is 9.59 Å². The molecule has 1 rings (SSSR count). The second kappa shape index (κ2) is 8.11. The Bertz CT molecular complexity index is 502. The fraction of sp³-hybridized carbons (Fsp3) is 0.429. The SMILES string of the molecule is COc1ccc(CN(C)C(=O)COCC(=O)O)cc1OC. The quantitative estimate of drug-likeness (QED) is 0.762. The second-order valence-electron chi connectivity index (χ2n) is 4.33. The number of rotatable bonds is 8. The summed E-state index contributed by atoms with van der Waals surface area (Å²) in [5, 5.41) is 8.43. The van der Waals surface area contributed by atoms with E-state index >= 15 is 0 Å². The Morgan fingerprint density at radius 3 is 2.38 bits per heavy atom. The van der Waals surface area contributed by atoms with Gasteiger partial charge in [0.1, 0.15) is 13.2 Å². The molecule has 0 radical (unpaired) electrons. The van der Waals surface area contributed by atoms with Crippen LogP contribution in [0.4, 0.5) is 0 Å². The molecule has 0 saturated heterocycles. The average Bonchev–Trinajstić information content (AvgIpc) is 2.46. The van der Waals surface area contributed by atoms with Crippen molar-refractivity contribution in [3.63, 3.8) is 0 Å². The van der Waals surface area contributed by atoms with Crippen molar-refractivity contribution in [3.8, 4) is 11.5 Å². The Morgan fingerprint density at radius 2 is 1.81 bits per heavy atom. The highest BCUT2D eigenvalue weighted by Gasteiger charge is 2.12. The smallest absolute Gasteiger partial charge is 0.329 e. The number of methoxy groups -OCH3 is 2. The molecule has 1 amide bonds. The Morgan fingerprint density at radius 1 is 1.14 bits per heavy atom. The third-order valence-electron chi connectivity index (χ3n) is 2.74. The number of hydrogen-bond acceptors (Lipinski definition) is 5. The number of hydrogen-bond donors (Lipinski definition) is 1. The Hall–Kier alpha value is -2.28. The minimum Gasteiger partial charge on any atom is -0.493 e. The fourth-order valence-electron chi connectivity index (χ4n) is 1.68. The third-order valence-corrected chi connectivity index (χ3v) is 2.74. The van der Waals surface area contributed by atoms with E-state index in [0.29, 0.717) is 18.0 Å². The van der Waals surface area contributed by atoms with Gasteiger partial charge in [-0.3, -0.25) is 4.79 Å². The van der Waals surface area contributed by atoms with Crippen LogP contribution in [0.25, 0.3) is 0 Å². The van der Waals surface area contributed by atoms with Crippen molar-refractivity contribution >= 4 is 11.9 Å². The van der Waals surface area contributed by atoms with E-state index in [2.05, 4.69) is 0 Å². The van der Waals surface area contributed by atoms with Gasteiger partial charge in [0.2, 0.25) is 5.91 Å². The van der Waals surface area contributed by atoms with E-state index in [4.69, 9.17) is 19.3 Å². The summed E-state index contributed by atoms with van der Waals surface area (Å²) in [7, 11) is 4.70. The summed E-state index contributed by atoms with van der Waals surface area (Å²) in [6.07, 6.45) is 0. The number of ether oxygens (including phenoxy) is 3. The fourth-order valence-corrected chi connectivity index (χ4v) is 1.68. The molecule has 0 heterocycles. The van der Waals surface area contributed by atoms with Gasteiger partial charge in [-0.15, -0.1) is 0 Å². The number of carboxylic acids is 1. The van der Waals surface area contributed by atoms with Gasteiger partial charge in [-0.25, -0.2) is 4.79 Å². The molecule has 0 aliphatic carbocycles. The van der Waals surface area contributed by atoms with Crippen molar-refractivity contribution in [2.45, 2.75) is 6.54 Å². The van der Waals surface area contributed by atoms with Gasteiger partial charge in [0.25, 0.3) is 0 Å². The van der Waals surface area contributed by atoms with Crippen LogP contribution in [0.2, 0.25) is 0 Å². The average molecular weight is 297 g/mol. The molecule has 1 aromatic carbocycles. The lowest BCUT2D eigenvalue weighted by Crippen LogP contribution is -2.30. The normalized spacial score (nSPS) is 10.0. The van der Waals surface area contributed by atoms with Gasteiger partial charge in [-0.05, 0) is 17.7 Å². The lowest BCUT2D eigenvalue weighted by Gasteiger charge is -2.18. The predicted octanol–water partition coefficient (Wildman–Crippen LogP) is 0.763. The van der Waals surface area contributed by atoms with Crippen LogP contribution in [-0.2, 0) is 20.9 Å². The number of carbonyl (C=O) groups is 2. The molecular weight excluding hydrogens is 278 g/mol. The van der Waals surface area contributed by atoms with Crippen LogP contribution in [0.15, 0.2) is 18.2 Å². The number of amides is 1. The summed E-state index contributed by atoms with van der Waals surface area (Å²) in [5.74, 6) is -0.214. The Balaban J connectivity index is 2.59. The van der Waals surface area contributed by atoms with Crippen LogP contribution in [-0.4, -0.2) is 56.4 Å². The zero-order valence-corrected chi connectivity index (χ0v) is 12.3. The Kier molecular flexibility index (Phi) is 6.48. The summed E-state index contributed by atoms with van der Waals surface area (Å²) in [5.41, 5.74) is 0.863. The molecule has 0 aliphatic heterocycles. The first-order chi connectivity index (χ1) is 9.97. The number of likely N-dealkylation sites (N-methyl/N-ethyl adjacent to an activating group) is 1. The molecule has 7 nitrogen and oxygen atoms in total. The van der Waals surface area contributed by atoms with Crippen LogP contribution >= 0.6 is 0 Å². The van der Waals surface area contributed by atoms with Crippen LogP contribution in [0.3, 0.4) is 0 Å². The van der Waals surface area contributed by atoms with E-state index in [0.717, 1.165) is 5.56 Å². The van der Waals surface area contributed by atoms with Crippen molar-refractivity contribution in [3.05, 3.63) is 23.8 Å². The molecule has 116 valence electrons. The number of carboxylic acid groups (broad SMARTS) is 1. The topological polar surface area (TPSA) is 85.3 Å². The molecule has 1 N–H and O–H groups in total. The predicted molar refractivity (Wildman–Crippen MR) is 74.5 cm³/mol. The van der Waals surface area contributed by atoms with Gasteiger partial charge in [-0.2, -0.15) is 0 Å². The van der Waals surface area contributed by atoms with Gasteiger partial charge in [0.05, 0.1) is 14.2 Å². The van der Waals surface area contributed by atoms with Gasteiger partial charge in [0.15, 0.2) is 11.5 Å². The summed E-state index contributed by atoms with van der Waals surface area (Å²) >= 11 is 0. The highest BCUT2D eigenvalue weighted by molar-refractivity contribution is 5.77. The first kappa shape index (κ1) is 16.8. The summed E-state index contributed by atoms with van der Waals surface area (Å²) < 4.78 is 15.1. The van der Waals surface area contributed by atoms with Crippen molar-refractivity contribution < 1.29 is 28.9 Å². The van der Waals surface area contributed by atoms with Gasteiger partial charge in [0, 0.05) is 13.6 Å². The minimum absolute atomic E-state index is 0.268. The van der Waals surface area contributed by atoms with E-state index in [1.165, 1.54) is 12.0 Å². The zero-order chi connectivity index (χ0) is 15.8. The lowest BCUT2D eigenvalue weighted by molar-refractivity contribution is -0.145. The lowest BCUT2D eigenvalue weighted by atomic mass is 10.2. The molecule has 0 aromatic heterocycles. The van der Waals surface area contributed by atoms with Gasteiger partial charge >= 0.3 is 5.97 Å². The largest absolute Gasteiger partial charge is 0.493 e. The van der Waals surface area contributed by atoms with Crippen molar-refractivity contribution in [2.75, 3.05) is 34.5 Å². The van der Waals surface area contributed by atoms with Crippen molar-refractivity contribution in [1.82, 2.24) is 4.90 Å². The van der Waals surface area contributed by atoms with Crippen LogP contribution in [0.5, 0.6) is 11.5 Å². The molecule has 0 aliphatic rings. The van der Waals surface area contributed by atoms with E-state index in [1.54, 1.807) is 26.3 Å². The standard InChI is InChI=1S/C14H19NO6/c1-15(13(16)8-21-9-14(17)18)7-10-4-5-11(19-2)12(6-10)20-3/h4-6H,7-9H2,1-3H3,(H,17,18). The van der Waals surface area contributed by atoms with Gasteiger partial charge < -0.3 is 24.2 Å². The highest BCUT2D eigenvalue weighted by atomic mass is 16.5. The molecule has 0 spiro atoms. The van der Waals surface area contributed by atoms with Crippen molar-refractivity contribution in [2.24, 2.45) is 0 Å². The van der Waals surface area contributed by atoms with E-state index < -0.39 is 12.6 Å². The molecule has 0 atom stereocenters. The molecule has 0 saturated carbocycles. The maximum absolute atomic E-state index is 11.8. The van der Waals surface area contributed by atoms with Crippen LogP contribution in [0.1, 0.15) is 5.56 Å². The first-order valence-electron chi connectivity index (χ1n) is 6.22. The summed E-state index contributed by atoms with van der Waals surface area (Å²) in [4.78, 5) is 23.5. The Labute approximate surface area is 123 Å². The molecule has 0 bridgehead atoms. The number of carbonyl (C=O) groups excluding carboxylic acids is 1. The molecule has 1 aromatic rings. The maximum Gasteiger partial charge on any atom is 0.329 e. The zero-order valence-electron chi connectivity index (χ0n) is 12.3. The number of benzene rings is 1. The maximum atomic E-state index is 11.8. The van der Waals surface area contributed by atoms with Crippen LogP contribution < -0.4 is 9.47 Å². The van der Waals surface area contributed by atoms with Crippen molar-refractivity contribution in [1.29, 1.82) is 0 Å². The second-order valence-corrected chi connectivity index (χ2v) is 4.33. The summed E-state index contributed by atoms with van der Waals surface area (Å²) in [6, 6.07) is 5.36. The number of aliphatic carboxylic acids is 1. The summed E-state index contributed by atoms with van der Waals surface area (Å²) in [6.45, 7) is -0.401. The van der Waals surface area contributed by atoms with Crippen LogP contribution in [0, 0.1) is 0 Å². The molecule has 21 heavy (non-hydrogen) atoms. The first-order valence-corrected chi connectivity index (χ1v) is 6.22. The highest BCUT2D eigenvalue weighted by Crippen LogP contribution is 2.27. The van der Waals surface area contributed by atoms with Gasteiger partial charge in [-0.1, -0.05) is 6.07 Å². The third kappa shape index (κ3) is 5.31. The molecule has 0 fully saturated rings. The molecular formula is C14H19NO6.